The van der Waals surface area contributed by atoms with Crippen molar-refractivity contribution in [2.24, 2.45) is 0 Å². The topological polar surface area (TPSA) is 82.5 Å². The Labute approximate surface area is 175 Å². The largest absolute Gasteiger partial charge is 0.497 e. The first-order chi connectivity index (χ1) is 14.4. The van der Waals surface area contributed by atoms with Crippen molar-refractivity contribution in [1.29, 1.82) is 0 Å². The molecule has 1 amide bonds. The van der Waals surface area contributed by atoms with E-state index in [4.69, 9.17) is 9.47 Å². The van der Waals surface area contributed by atoms with Gasteiger partial charge in [-0.25, -0.2) is 9.48 Å². The highest BCUT2D eigenvalue weighted by molar-refractivity contribution is 5.97. The molecule has 1 atom stereocenters. The van der Waals surface area contributed by atoms with Crippen LogP contribution in [0, 0.1) is 6.92 Å². The number of hydrogen-bond donors (Lipinski definition) is 1. The quantitative estimate of drug-likeness (QED) is 0.606. The number of carbonyl (C=O) groups is 2. The van der Waals surface area contributed by atoms with Crippen molar-refractivity contribution >= 4 is 11.9 Å². The fraction of sp³-hybridized carbons (Fsp3) is 0.261. The molecule has 156 valence electrons. The van der Waals surface area contributed by atoms with E-state index >= 15 is 0 Å². The number of likely N-dealkylation sites (N-methyl/N-ethyl adjacent to an activating group) is 1. The van der Waals surface area contributed by atoms with E-state index in [1.54, 1.807) is 37.9 Å². The fourth-order valence-corrected chi connectivity index (χ4v) is 2.93. The predicted octanol–water partition coefficient (Wildman–Crippen LogP) is 3.54. The van der Waals surface area contributed by atoms with Crippen LogP contribution >= 0.6 is 0 Å². The highest BCUT2D eigenvalue weighted by Crippen LogP contribution is 2.27. The zero-order valence-corrected chi connectivity index (χ0v) is 17.5. The summed E-state index contributed by atoms with van der Waals surface area (Å²) in [7, 11) is 1.58. The fourth-order valence-electron chi connectivity index (χ4n) is 2.93. The lowest BCUT2D eigenvalue weighted by molar-refractivity contribution is -0.128. The lowest BCUT2D eigenvalue weighted by Crippen LogP contribution is -2.35. The van der Waals surface area contributed by atoms with Crippen LogP contribution in [0.5, 0.6) is 5.75 Å². The van der Waals surface area contributed by atoms with E-state index in [-0.39, 0.29) is 11.5 Å². The van der Waals surface area contributed by atoms with Crippen LogP contribution in [0.4, 0.5) is 0 Å². The Morgan fingerprint density at radius 3 is 2.57 bits per heavy atom. The molecule has 0 aliphatic rings. The second kappa shape index (κ2) is 9.26. The maximum atomic E-state index is 12.9. The molecule has 0 bridgehead atoms. The SMILES string of the molecule is CCNC(=O)[C@H](C)OC(=O)c1cn(-c2ccc(C)cc2)nc1-c1cccc(OC)c1. The van der Waals surface area contributed by atoms with Crippen molar-refractivity contribution in [2.45, 2.75) is 26.9 Å². The number of ether oxygens (including phenoxy) is 2. The molecule has 2 aromatic carbocycles. The summed E-state index contributed by atoms with van der Waals surface area (Å²) in [5.74, 6) is -0.322. The standard InChI is InChI=1S/C23H25N3O4/c1-5-24-22(27)16(3)30-23(28)20-14-26(18-11-9-15(2)10-12-18)25-21(20)17-7-6-8-19(13-17)29-4/h6-14,16H,5H2,1-4H3,(H,24,27)/t16-/m0/s1. The normalized spacial score (nSPS) is 11.6. The summed E-state index contributed by atoms with van der Waals surface area (Å²) in [6, 6.07) is 15.1. The minimum Gasteiger partial charge on any atom is -0.497 e. The third kappa shape index (κ3) is 4.68. The number of carbonyl (C=O) groups excluding carboxylic acids is 2. The van der Waals surface area contributed by atoms with Crippen molar-refractivity contribution in [3.63, 3.8) is 0 Å². The third-order valence-corrected chi connectivity index (χ3v) is 4.58. The molecular formula is C23H25N3O4. The molecule has 30 heavy (non-hydrogen) atoms. The number of rotatable bonds is 7. The van der Waals surface area contributed by atoms with E-state index < -0.39 is 12.1 Å². The molecule has 1 aromatic heterocycles. The number of aryl methyl sites for hydroxylation is 1. The molecule has 1 heterocycles. The molecule has 0 aliphatic carbocycles. The Balaban J connectivity index is 2.01. The molecule has 1 N–H and O–H groups in total. The summed E-state index contributed by atoms with van der Waals surface area (Å²) in [5, 5.41) is 7.27. The third-order valence-electron chi connectivity index (χ3n) is 4.58. The van der Waals surface area contributed by atoms with Gasteiger partial charge in [-0.15, -0.1) is 0 Å². The number of benzene rings is 2. The first-order valence-electron chi connectivity index (χ1n) is 9.72. The van der Waals surface area contributed by atoms with E-state index in [1.807, 2.05) is 49.4 Å². The molecule has 0 unspecified atom stereocenters. The van der Waals surface area contributed by atoms with Gasteiger partial charge < -0.3 is 14.8 Å². The van der Waals surface area contributed by atoms with E-state index in [1.165, 1.54) is 0 Å². The second-order valence-corrected chi connectivity index (χ2v) is 6.85. The molecule has 0 aliphatic heterocycles. The van der Waals surface area contributed by atoms with Gasteiger partial charge in [-0.2, -0.15) is 5.10 Å². The second-order valence-electron chi connectivity index (χ2n) is 6.85. The van der Waals surface area contributed by atoms with Crippen LogP contribution in [0.2, 0.25) is 0 Å². The molecule has 3 aromatic rings. The molecule has 0 fully saturated rings. The summed E-state index contributed by atoms with van der Waals surface area (Å²) in [6.45, 7) is 5.80. The van der Waals surface area contributed by atoms with Crippen LogP contribution in [0.3, 0.4) is 0 Å². The predicted molar refractivity (Wildman–Crippen MR) is 114 cm³/mol. The maximum Gasteiger partial charge on any atom is 0.342 e. The number of hydrogen-bond acceptors (Lipinski definition) is 5. The van der Waals surface area contributed by atoms with E-state index in [2.05, 4.69) is 10.4 Å². The van der Waals surface area contributed by atoms with Gasteiger partial charge in [0.25, 0.3) is 5.91 Å². The van der Waals surface area contributed by atoms with Crippen molar-refractivity contribution in [1.82, 2.24) is 15.1 Å². The van der Waals surface area contributed by atoms with E-state index in [9.17, 15) is 9.59 Å². The molecule has 0 spiro atoms. The van der Waals surface area contributed by atoms with Crippen LogP contribution < -0.4 is 10.1 Å². The van der Waals surface area contributed by atoms with Gasteiger partial charge in [0.15, 0.2) is 6.10 Å². The van der Waals surface area contributed by atoms with Crippen LogP contribution in [0.25, 0.3) is 16.9 Å². The minimum atomic E-state index is -0.918. The van der Waals surface area contributed by atoms with Gasteiger partial charge in [0, 0.05) is 18.3 Å². The smallest absolute Gasteiger partial charge is 0.342 e. The molecule has 0 saturated carbocycles. The molecule has 7 heteroatoms. The zero-order chi connectivity index (χ0) is 21.7. The van der Waals surface area contributed by atoms with Crippen molar-refractivity contribution in [3.8, 4) is 22.7 Å². The van der Waals surface area contributed by atoms with Gasteiger partial charge in [-0.3, -0.25) is 4.79 Å². The van der Waals surface area contributed by atoms with Gasteiger partial charge >= 0.3 is 5.97 Å². The Morgan fingerprint density at radius 1 is 1.17 bits per heavy atom. The Morgan fingerprint density at radius 2 is 1.90 bits per heavy atom. The molecule has 0 radical (unpaired) electrons. The zero-order valence-electron chi connectivity index (χ0n) is 17.5. The average Bonchev–Trinajstić information content (AvgIpc) is 3.20. The number of nitrogens with one attached hydrogen (secondary N) is 1. The molecular weight excluding hydrogens is 382 g/mol. The number of amides is 1. The maximum absolute atomic E-state index is 12.9. The van der Waals surface area contributed by atoms with Gasteiger partial charge in [0.2, 0.25) is 0 Å². The first-order valence-corrected chi connectivity index (χ1v) is 9.72. The van der Waals surface area contributed by atoms with Gasteiger partial charge in [0.1, 0.15) is 17.0 Å². The van der Waals surface area contributed by atoms with Crippen molar-refractivity contribution in [3.05, 3.63) is 65.9 Å². The number of esters is 1. The van der Waals surface area contributed by atoms with Gasteiger partial charge in [0.05, 0.1) is 12.8 Å². The van der Waals surface area contributed by atoms with Crippen LogP contribution in [0.1, 0.15) is 29.8 Å². The Kier molecular flexibility index (Phi) is 6.51. The van der Waals surface area contributed by atoms with Crippen LogP contribution in [-0.2, 0) is 9.53 Å². The summed E-state index contributed by atoms with van der Waals surface area (Å²) >= 11 is 0. The van der Waals surface area contributed by atoms with Gasteiger partial charge in [-0.1, -0.05) is 29.8 Å². The van der Waals surface area contributed by atoms with Crippen molar-refractivity contribution in [2.75, 3.05) is 13.7 Å². The molecule has 7 nitrogen and oxygen atoms in total. The Bertz CT molecular complexity index is 1040. The number of nitrogens with zero attached hydrogens (tertiary/aromatic N) is 2. The first kappa shape index (κ1) is 21.1. The summed E-state index contributed by atoms with van der Waals surface area (Å²) in [6.07, 6.45) is 0.699. The highest BCUT2D eigenvalue weighted by atomic mass is 16.5. The highest BCUT2D eigenvalue weighted by Gasteiger charge is 2.24. The van der Waals surface area contributed by atoms with Crippen LogP contribution in [-0.4, -0.2) is 41.4 Å². The average molecular weight is 407 g/mol. The lowest BCUT2D eigenvalue weighted by atomic mass is 10.1. The van der Waals surface area contributed by atoms with Crippen LogP contribution in [0.15, 0.2) is 54.7 Å². The number of methoxy groups -OCH3 is 1. The summed E-state index contributed by atoms with van der Waals surface area (Å²) in [4.78, 5) is 24.9. The molecule has 3 rings (SSSR count). The van der Waals surface area contributed by atoms with E-state index in [0.717, 1.165) is 11.3 Å². The number of aromatic nitrogens is 2. The summed E-state index contributed by atoms with van der Waals surface area (Å²) in [5.41, 5.74) is 3.34. The minimum absolute atomic E-state index is 0.264. The van der Waals surface area contributed by atoms with Crippen molar-refractivity contribution < 1.29 is 19.1 Å². The van der Waals surface area contributed by atoms with E-state index in [0.29, 0.717) is 23.6 Å². The summed E-state index contributed by atoms with van der Waals surface area (Å²) < 4.78 is 12.3. The molecule has 0 saturated heterocycles. The van der Waals surface area contributed by atoms with Gasteiger partial charge in [-0.05, 0) is 45.0 Å². The Hall–Kier alpha value is -3.61. The monoisotopic (exact) mass is 407 g/mol. The lowest BCUT2D eigenvalue weighted by Gasteiger charge is -2.12.